The van der Waals surface area contributed by atoms with Crippen molar-refractivity contribution >= 4 is 35.0 Å². The Bertz CT molecular complexity index is 444. The first-order valence-electron chi connectivity index (χ1n) is 7.08. The molecule has 5 heteroatoms. The van der Waals surface area contributed by atoms with E-state index in [1.54, 1.807) is 18.2 Å². The zero-order valence-electron chi connectivity index (χ0n) is 11.6. The monoisotopic (exact) mass is 333 g/mol. The van der Waals surface area contributed by atoms with E-state index in [1.807, 2.05) is 11.8 Å². The minimum atomic E-state index is -0.612. The van der Waals surface area contributed by atoms with E-state index in [1.165, 1.54) is 25.0 Å². The summed E-state index contributed by atoms with van der Waals surface area (Å²) in [4.78, 5) is 0. The van der Waals surface area contributed by atoms with Gasteiger partial charge in [0.15, 0.2) is 0 Å². The molecule has 0 bridgehead atoms. The molecular formula is C15H21Cl2NOS. The molecule has 0 saturated heterocycles. The van der Waals surface area contributed by atoms with Crippen LogP contribution in [0.25, 0.3) is 0 Å². The van der Waals surface area contributed by atoms with Gasteiger partial charge in [0.2, 0.25) is 0 Å². The highest BCUT2D eigenvalue weighted by Crippen LogP contribution is 2.30. The molecule has 1 aromatic carbocycles. The molecule has 0 heterocycles. The van der Waals surface area contributed by atoms with Gasteiger partial charge in [0.05, 0.1) is 6.10 Å². The van der Waals surface area contributed by atoms with E-state index in [0.717, 1.165) is 5.25 Å². The van der Waals surface area contributed by atoms with E-state index in [4.69, 9.17) is 23.2 Å². The highest BCUT2D eigenvalue weighted by Gasteiger charge is 2.25. The van der Waals surface area contributed by atoms with Crippen molar-refractivity contribution in [3.05, 3.63) is 33.8 Å². The zero-order valence-corrected chi connectivity index (χ0v) is 13.9. The highest BCUT2D eigenvalue weighted by molar-refractivity contribution is 7.99. The fourth-order valence-electron chi connectivity index (χ4n) is 2.67. The standard InChI is InChI=1S/C15H21Cl2NOS/c1-2-20-12-5-4-11(8-12)18-9-15(19)13-7-10(16)3-6-14(13)17/h3,6-7,11-12,15,18-19H,2,4-5,8-9H2,1H3. The molecule has 0 radical (unpaired) electrons. The van der Waals surface area contributed by atoms with Gasteiger partial charge in [0.1, 0.15) is 0 Å². The maximum Gasteiger partial charge on any atom is 0.0929 e. The molecule has 1 aliphatic carbocycles. The van der Waals surface area contributed by atoms with Crippen molar-refractivity contribution in [3.63, 3.8) is 0 Å². The first-order valence-corrected chi connectivity index (χ1v) is 8.88. The first-order chi connectivity index (χ1) is 9.60. The van der Waals surface area contributed by atoms with E-state index in [9.17, 15) is 5.11 Å². The van der Waals surface area contributed by atoms with Gasteiger partial charge in [0, 0.05) is 33.4 Å². The lowest BCUT2D eigenvalue weighted by Gasteiger charge is -2.18. The van der Waals surface area contributed by atoms with Gasteiger partial charge in [-0.3, -0.25) is 0 Å². The van der Waals surface area contributed by atoms with Gasteiger partial charge in [-0.15, -0.1) is 0 Å². The molecule has 1 saturated carbocycles. The molecule has 20 heavy (non-hydrogen) atoms. The Morgan fingerprint density at radius 1 is 1.40 bits per heavy atom. The summed E-state index contributed by atoms with van der Waals surface area (Å²) in [7, 11) is 0. The molecule has 1 aliphatic rings. The molecule has 1 fully saturated rings. The molecule has 2 N–H and O–H groups in total. The number of benzene rings is 1. The average Bonchev–Trinajstić information content (AvgIpc) is 2.87. The SMILES string of the molecule is CCSC1CCC(NCC(O)c2cc(Cl)ccc2Cl)C1. The van der Waals surface area contributed by atoms with E-state index in [-0.39, 0.29) is 0 Å². The lowest BCUT2D eigenvalue weighted by atomic mass is 10.1. The lowest BCUT2D eigenvalue weighted by molar-refractivity contribution is 0.170. The second kappa shape index (κ2) is 7.90. The number of hydrogen-bond acceptors (Lipinski definition) is 3. The molecule has 3 unspecified atom stereocenters. The summed E-state index contributed by atoms with van der Waals surface area (Å²) in [5.41, 5.74) is 0.698. The third-order valence-corrected chi connectivity index (χ3v) is 5.52. The molecule has 2 rings (SSSR count). The molecule has 0 amide bonds. The Balaban J connectivity index is 1.83. The molecule has 2 nitrogen and oxygen atoms in total. The molecule has 0 aromatic heterocycles. The van der Waals surface area contributed by atoms with Crippen LogP contribution in [0.1, 0.15) is 37.9 Å². The maximum atomic E-state index is 10.2. The van der Waals surface area contributed by atoms with E-state index < -0.39 is 6.10 Å². The van der Waals surface area contributed by atoms with Crippen molar-refractivity contribution in [1.29, 1.82) is 0 Å². The minimum absolute atomic E-state index is 0.506. The maximum absolute atomic E-state index is 10.2. The number of nitrogens with one attached hydrogen (secondary N) is 1. The van der Waals surface area contributed by atoms with Crippen LogP contribution in [-0.2, 0) is 0 Å². The Morgan fingerprint density at radius 2 is 2.20 bits per heavy atom. The van der Waals surface area contributed by atoms with Crippen LogP contribution in [0.5, 0.6) is 0 Å². The Hall–Kier alpha value is 0.0700. The van der Waals surface area contributed by atoms with Crippen molar-refractivity contribution in [2.75, 3.05) is 12.3 Å². The molecule has 3 atom stereocenters. The largest absolute Gasteiger partial charge is 0.387 e. The predicted octanol–water partition coefficient (Wildman–Crippen LogP) is 4.29. The summed E-state index contributed by atoms with van der Waals surface area (Å²) in [6, 6.07) is 5.70. The fourth-order valence-corrected chi connectivity index (χ4v) is 4.24. The van der Waals surface area contributed by atoms with Gasteiger partial charge in [-0.1, -0.05) is 30.1 Å². The van der Waals surface area contributed by atoms with Gasteiger partial charge in [-0.2, -0.15) is 11.8 Å². The number of thioether (sulfide) groups is 1. The average molecular weight is 334 g/mol. The second-order valence-electron chi connectivity index (χ2n) is 5.18. The van der Waals surface area contributed by atoms with Crippen molar-refractivity contribution in [2.24, 2.45) is 0 Å². The van der Waals surface area contributed by atoms with Crippen molar-refractivity contribution in [3.8, 4) is 0 Å². The van der Waals surface area contributed by atoms with Crippen LogP contribution in [0.15, 0.2) is 18.2 Å². The summed E-state index contributed by atoms with van der Waals surface area (Å²) in [5, 5.41) is 15.6. The summed E-state index contributed by atoms with van der Waals surface area (Å²) >= 11 is 14.1. The quantitative estimate of drug-likeness (QED) is 0.814. The highest BCUT2D eigenvalue weighted by atomic mass is 35.5. The van der Waals surface area contributed by atoms with Crippen LogP contribution in [0, 0.1) is 0 Å². The van der Waals surface area contributed by atoms with Gasteiger partial charge in [0.25, 0.3) is 0 Å². The second-order valence-corrected chi connectivity index (χ2v) is 7.60. The number of halogens is 2. The Labute approximate surface area is 135 Å². The Kier molecular flexibility index (Phi) is 6.50. The smallest absolute Gasteiger partial charge is 0.0929 e. The minimum Gasteiger partial charge on any atom is -0.387 e. The number of aliphatic hydroxyl groups excluding tert-OH is 1. The zero-order chi connectivity index (χ0) is 14.5. The first kappa shape index (κ1) is 16.4. The van der Waals surface area contributed by atoms with E-state index in [0.29, 0.717) is 28.2 Å². The van der Waals surface area contributed by atoms with E-state index in [2.05, 4.69) is 12.2 Å². The van der Waals surface area contributed by atoms with Crippen LogP contribution in [-0.4, -0.2) is 28.7 Å². The van der Waals surface area contributed by atoms with Crippen LogP contribution in [0.2, 0.25) is 10.0 Å². The van der Waals surface area contributed by atoms with Gasteiger partial charge in [-0.05, 0) is 43.2 Å². The topological polar surface area (TPSA) is 32.3 Å². The van der Waals surface area contributed by atoms with Crippen LogP contribution in [0.3, 0.4) is 0 Å². The van der Waals surface area contributed by atoms with Gasteiger partial charge >= 0.3 is 0 Å². The summed E-state index contributed by atoms with van der Waals surface area (Å²) < 4.78 is 0. The fraction of sp³-hybridized carbons (Fsp3) is 0.600. The van der Waals surface area contributed by atoms with Gasteiger partial charge < -0.3 is 10.4 Å². The normalized spacial score (nSPS) is 24.0. The van der Waals surface area contributed by atoms with Crippen LogP contribution < -0.4 is 5.32 Å². The number of hydrogen-bond donors (Lipinski definition) is 2. The van der Waals surface area contributed by atoms with Crippen molar-refractivity contribution in [2.45, 2.75) is 43.6 Å². The summed E-state index contributed by atoms with van der Waals surface area (Å²) in [6.07, 6.45) is 3.03. The third kappa shape index (κ3) is 4.54. The third-order valence-electron chi connectivity index (χ3n) is 3.70. The summed E-state index contributed by atoms with van der Waals surface area (Å²) in [5.74, 6) is 1.18. The molecule has 112 valence electrons. The molecule has 0 spiro atoms. The van der Waals surface area contributed by atoms with Crippen molar-refractivity contribution < 1.29 is 5.11 Å². The predicted molar refractivity (Wildman–Crippen MR) is 89.0 cm³/mol. The molecule has 0 aliphatic heterocycles. The Morgan fingerprint density at radius 3 is 2.95 bits per heavy atom. The lowest BCUT2D eigenvalue weighted by Crippen LogP contribution is -2.31. The molecular weight excluding hydrogens is 313 g/mol. The van der Waals surface area contributed by atoms with Gasteiger partial charge in [-0.25, -0.2) is 0 Å². The van der Waals surface area contributed by atoms with Crippen molar-refractivity contribution in [1.82, 2.24) is 5.32 Å². The van der Waals surface area contributed by atoms with Crippen LogP contribution in [0.4, 0.5) is 0 Å². The number of rotatable bonds is 6. The molecule has 1 aromatic rings. The summed E-state index contributed by atoms with van der Waals surface area (Å²) in [6.45, 7) is 2.73. The van der Waals surface area contributed by atoms with Crippen LogP contribution >= 0.6 is 35.0 Å². The van der Waals surface area contributed by atoms with E-state index >= 15 is 0 Å². The number of aliphatic hydroxyl groups is 1.